The van der Waals surface area contributed by atoms with Crippen molar-refractivity contribution < 1.29 is 29.2 Å². The fourth-order valence-electron chi connectivity index (χ4n) is 1.19. The molecular formula is C8H12O6. The average molecular weight is 204 g/mol. The van der Waals surface area contributed by atoms with Gasteiger partial charge in [0.05, 0.1) is 20.8 Å². The molecule has 2 N–H and O–H groups in total. The fraction of sp³-hybridized carbons (Fsp3) is 0.625. The SMILES string of the molecule is COC1=C(OC)[C@@H]([C@H](O)CO)OC1=O. The number of hydrogen-bond acceptors (Lipinski definition) is 6. The highest BCUT2D eigenvalue weighted by atomic mass is 16.6. The van der Waals surface area contributed by atoms with Gasteiger partial charge in [-0.2, -0.15) is 0 Å². The van der Waals surface area contributed by atoms with Crippen LogP contribution in [-0.4, -0.2) is 49.2 Å². The van der Waals surface area contributed by atoms with Crippen LogP contribution in [0.25, 0.3) is 0 Å². The van der Waals surface area contributed by atoms with Gasteiger partial charge in [0.1, 0.15) is 6.10 Å². The quantitative estimate of drug-likeness (QED) is 0.558. The zero-order valence-corrected chi connectivity index (χ0v) is 7.89. The Morgan fingerprint density at radius 3 is 2.57 bits per heavy atom. The molecule has 80 valence electrons. The minimum Gasteiger partial charge on any atom is -0.493 e. The Morgan fingerprint density at radius 2 is 2.14 bits per heavy atom. The number of rotatable bonds is 4. The van der Waals surface area contributed by atoms with Crippen LogP contribution in [0.15, 0.2) is 11.5 Å². The Hall–Kier alpha value is -1.27. The summed E-state index contributed by atoms with van der Waals surface area (Å²) in [5.41, 5.74) is 0. The second-order valence-corrected chi connectivity index (χ2v) is 2.68. The van der Waals surface area contributed by atoms with Gasteiger partial charge >= 0.3 is 5.97 Å². The molecule has 6 heteroatoms. The van der Waals surface area contributed by atoms with E-state index in [-0.39, 0.29) is 11.5 Å². The Balaban J connectivity index is 2.92. The molecule has 0 bridgehead atoms. The highest BCUT2D eigenvalue weighted by Crippen LogP contribution is 2.25. The maximum absolute atomic E-state index is 11.1. The number of carbonyl (C=O) groups excluding carboxylic acids is 1. The third-order valence-corrected chi connectivity index (χ3v) is 1.86. The maximum atomic E-state index is 11.1. The van der Waals surface area contributed by atoms with Crippen LogP contribution in [0.1, 0.15) is 0 Å². The van der Waals surface area contributed by atoms with Gasteiger partial charge < -0.3 is 24.4 Å². The highest BCUT2D eigenvalue weighted by Gasteiger charge is 2.40. The first-order valence-corrected chi connectivity index (χ1v) is 3.97. The number of cyclic esters (lactones) is 1. The van der Waals surface area contributed by atoms with E-state index in [0.717, 1.165) is 0 Å². The van der Waals surface area contributed by atoms with Crippen molar-refractivity contribution in [3.63, 3.8) is 0 Å². The molecule has 0 radical (unpaired) electrons. The zero-order chi connectivity index (χ0) is 10.7. The van der Waals surface area contributed by atoms with E-state index < -0.39 is 24.8 Å². The zero-order valence-electron chi connectivity index (χ0n) is 7.89. The van der Waals surface area contributed by atoms with Crippen molar-refractivity contribution in [3.05, 3.63) is 11.5 Å². The molecule has 0 aliphatic carbocycles. The first kappa shape index (κ1) is 10.8. The highest BCUT2D eigenvalue weighted by molar-refractivity contribution is 5.89. The summed E-state index contributed by atoms with van der Waals surface area (Å²) in [6.07, 6.45) is -2.20. The summed E-state index contributed by atoms with van der Waals surface area (Å²) in [6, 6.07) is 0. The molecule has 1 aliphatic rings. The van der Waals surface area contributed by atoms with Gasteiger partial charge in [-0.1, -0.05) is 0 Å². The molecule has 0 fully saturated rings. The second-order valence-electron chi connectivity index (χ2n) is 2.68. The second kappa shape index (κ2) is 4.30. The monoisotopic (exact) mass is 204 g/mol. The Kier molecular flexibility index (Phi) is 3.32. The molecule has 0 saturated carbocycles. The number of carbonyl (C=O) groups is 1. The Morgan fingerprint density at radius 1 is 1.50 bits per heavy atom. The molecule has 1 rings (SSSR count). The van der Waals surface area contributed by atoms with Crippen molar-refractivity contribution in [1.29, 1.82) is 0 Å². The smallest absolute Gasteiger partial charge is 0.378 e. The van der Waals surface area contributed by atoms with Gasteiger partial charge in [-0.05, 0) is 0 Å². The lowest BCUT2D eigenvalue weighted by Gasteiger charge is -2.16. The number of ether oxygens (including phenoxy) is 3. The van der Waals surface area contributed by atoms with Crippen molar-refractivity contribution in [2.24, 2.45) is 0 Å². The van der Waals surface area contributed by atoms with Gasteiger partial charge in [-0.3, -0.25) is 0 Å². The third kappa shape index (κ3) is 1.66. The van der Waals surface area contributed by atoms with Crippen LogP contribution in [-0.2, 0) is 19.0 Å². The Bertz CT molecular complexity index is 259. The predicted molar refractivity (Wildman–Crippen MR) is 44.0 cm³/mol. The van der Waals surface area contributed by atoms with Crippen LogP contribution >= 0.6 is 0 Å². The van der Waals surface area contributed by atoms with E-state index >= 15 is 0 Å². The van der Waals surface area contributed by atoms with Crippen LogP contribution < -0.4 is 0 Å². The standard InChI is InChI=1S/C8H12O6/c1-12-6-5(4(10)3-9)14-8(11)7(6)13-2/h4-5,9-10H,3H2,1-2H3/t4-,5-/m1/s1. The molecular weight excluding hydrogens is 192 g/mol. The largest absolute Gasteiger partial charge is 0.493 e. The molecule has 6 nitrogen and oxygen atoms in total. The third-order valence-electron chi connectivity index (χ3n) is 1.86. The van der Waals surface area contributed by atoms with Gasteiger partial charge in [0, 0.05) is 0 Å². The molecule has 14 heavy (non-hydrogen) atoms. The summed E-state index contributed by atoms with van der Waals surface area (Å²) in [5, 5.41) is 18.0. The molecule has 2 atom stereocenters. The van der Waals surface area contributed by atoms with Crippen molar-refractivity contribution in [3.8, 4) is 0 Å². The minimum atomic E-state index is -1.21. The van der Waals surface area contributed by atoms with Crippen molar-refractivity contribution in [2.75, 3.05) is 20.8 Å². The molecule has 0 amide bonds. The van der Waals surface area contributed by atoms with Crippen LogP contribution in [0.3, 0.4) is 0 Å². The summed E-state index contributed by atoms with van der Waals surface area (Å²) in [6.45, 7) is -0.526. The van der Waals surface area contributed by atoms with Crippen LogP contribution in [0.5, 0.6) is 0 Å². The summed E-state index contributed by atoms with van der Waals surface area (Å²) < 4.78 is 14.3. The van der Waals surface area contributed by atoms with Crippen molar-refractivity contribution >= 4 is 5.97 Å². The van der Waals surface area contributed by atoms with Gasteiger partial charge in [-0.25, -0.2) is 4.79 Å². The van der Waals surface area contributed by atoms with Crippen molar-refractivity contribution in [2.45, 2.75) is 12.2 Å². The minimum absolute atomic E-state index is 0.0787. The lowest BCUT2D eigenvalue weighted by atomic mass is 10.2. The number of aliphatic hydroxyl groups excluding tert-OH is 2. The number of hydrogen-bond donors (Lipinski definition) is 2. The molecule has 1 aliphatic heterocycles. The predicted octanol–water partition coefficient (Wildman–Crippen LogP) is -1.23. The van der Waals surface area contributed by atoms with Crippen LogP contribution in [0.4, 0.5) is 0 Å². The summed E-state index contributed by atoms with van der Waals surface area (Å²) in [7, 11) is 2.62. The first-order chi connectivity index (χ1) is 6.65. The van der Waals surface area contributed by atoms with Gasteiger partial charge in [-0.15, -0.1) is 0 Å². The molecule has 0 spiro atoms. The maximum Gasteiger partial charge on any atom is 0.378 e. The van der Waals surface area contributed by atoms with E-state index in [1.54, 1.807) is 0 Å². The lowest BCUT2D eigenvalue weighted by Crippen LogP contribution is -2.32. The summed E-state index contributed by atoms with van der Waals surface area (Å²) >= 11 is 0. The van der Waals surface area contributed by atoms with E-state index in [4.69, 9.17) is 19.3 Å². The molecule has 0 aromatic carbocycles. The molecule has 1 heterocycles. The molecule has 0 saturated heterocycles. The van der Waals surface area contributed by atoms with Gasteiger partial charge in [0.15, 0.2) is 11.9 Å². The number of esters is 1. The molecule has 0 unspecified atom stereocenters. The van der Waals surface area contributed by atoms with Crippen LogP contribution in [0, 0.1) is 0 Å². The topological polar surface area (TPSA) is 85.2 Å². The average Bonchev–Trinajstić information content (AvgIpc) is 2.53. The van der Waals surface area contributed by atoms with Gasteiger partial charge in [0.25, 0.3) is 0 Å². The van der Waals surface area contributed by atoms with Gasteiger partial charge in [0.2, 0.25) is 5.76 Å². The summed E-state index contributed by atoms with van der Waals surface area (Å²) in [5.74, 6) is -0.689. The van der Waals surface area contributed by atoms with E-state index in [2.05, 4.69) is 0 Å². The molecule has 0 aromatic rings. The number of aliphatic hydroxyl groups is 2. The van der Waals surface area contributed by atoms with E-state index in [1.165, 1.54) is 14.2 Å². The van der Waals surface area contributed by atoms with Crippen LogP contribution in [0.2, 0.25) is 0 Å². The first-order valence-electron chi connectivity index (χ1n) is 3.97. The number of methoxy groups -OCH3 is 2. The fourth-order valence-corrected chi connectivity index (χ4v) is 1.19. The summed E-state index contributed by atoms with van der Waals surface area (Å²) in [4.78, 5) is 11.1. The van der Waals surface area contributed by atoms with E-state index in [1.807, 2.05) is 0 Å². The van der Waals surface area contributed by atoms with E-state index in [0.29, 0.717) is 0 Å². The Labute approximate surface area is 80.7 Å². The lowest BCUT2D eigenvalue weighted by molar-refractivity contribution is -0.148. The van der Waals surface area contributed by atoms with E-state index in [9.17, 15) is 9.90 Å². The molecule has 0 aromatic heterocycles. The normalized spacial score (nSPS) is 23.4. The van der Waals surface area contributed by atoms with Crippen molar-refractivity contribution in [1.82, 2.24) is 0 Å².